The summed E-state index contributed by atoms with van der Waals surface area (Å²) in [7, 11) is 1.96. The van der Waals surface area contributed by atoms with Gasteiger partial charge in [0.25, 0.3) is 0 Å². The van der Waals surface area contributed by atoms with Crippen molar-refractivity contribution in [2.75, 3.05) is 25.1 Å². The normalized spacial score (nSPS) is 10.4. The zero-order valence-corrected chi connectivity index (χ0v) is 12.7. The highest BCUT2D eigenvalue weighted by atomic mass is 35.5. The standard InChI is InChI=1S/C15H18ClN3O/c1-11-5-4-6-13(9-11)20-8-7-19(3)15-10-14(16)17-12(2)18-15/h4-6,9-10H,7-8H2,1-3H3. The van der Waals surface area contributed by atoms with Crippen LogP contribution in [-0.2, 0) is 0 Å². The number of hydrogen-bond donors (Lipinski definition) is 0. The molecule has 0 aliphatic heterocycles. The van der Waals surface area contributed by atoms with E-state index in [1.54, 1.807) is 6.07 Å². The number of hydrogen-bond acceptors (Lipinski definition) is 4. The molecule has 0 saturated carbocycles. The van der Waals surface area contributed by atoms with E-state index in [0.29, 0.717) is 17.6 Å². The van der Waals surface area contributed by atoms with E-state index in [1.165, 1.54) is 5.56 Å². The van der Waals surface area contributed by atoms with E-state index >= 15 is 0 Å². The second-order valence-corrected chi connectivity index (χ2v) is 5.07. The minimum absolute atomic E-state index is 0.457. The van der Waals surface area contributed by atoms with E-state index in [2.05, 4.69) is 9.97 Å². The van der Waals surface area contributed by atoms with Crippen molar-refractivity contribution >= 4 is 17.4 Å². The smallest absolute Gasteiger partial charge is 0.134 e. The maximum Gasteiger partial charge on any atom is 0.134 e. The molecule has 20 heavy (non-hydrogen) atoms. The molecule has 1 heterocycles. The monoisotopic (exact) mass is 291 g/mol. The highest BCUT2D eigenvalue weighted by molar-refractivity contribution is 6.29. The molecule has 0 N–H and O–H groups in total. The van der Waals surface area contributed by atoms with Gasteiger partial charge in [-0.15, -0.1) is 0 Å². The van der Waals surface area contributed by atoms with Crippen molar-refractivity contribution < 1.29 is 4.74 Å². The molecule has 2 rings (SSSR count). The molecule has 1 aromatic carbocycles. The van der Waals surface area contributed by atoms with Crippen molar-refractivity contribution in [2.24, 2.45) is 0 Å². The van der Waals surface area contributed by atoms with Crippen molar-refractivity contribution in [1.82, 2.24) is 9.97 Å². The first-order chi connectivity index (χ1) is 9.54. The SMILES string of the molecule is Cc1cccc(OCCN(C)c2cc(Cl)nc(C)n2)c1. The van der Waals surface area contributed by atoms with Gasteiger partial charge in [0.2, 0.25) is 0 Å². The summed E-state index contributed by atoms with van der Waals surface area (Å²) in [5.41, 5.74) is 1.19. The summed E-state index contributed by atoms with van der Waals surface area (Å²) < 4.78 is 5.72. The van der Waals surface area contributed by atoms with Gasteiger partial charge in [0, 0.05) is 13.1 Å². The molecular weight excluding hydrogens is 274 g/mol. The first-order valence-corrected chi connectivity index (χ1v) is 6.84. The van der Waals surface area contributed by atoms with Crippen LogP contribution in [-0.4, -0.2) is 30.2 Å². The Bertz CT molecular complexity index is 569. The topological polar surface area (TPSA) is 38.2 Å². The molecule has 0 atom stereocenters. The fraction of sp³-hybridized carbons (Fsp3) is 0.333. The third kappa shape index (κ3) is 4.10. The lowest BCUT2D eigenvalue weighted by molar-refractivity contribution is 0.325. The van der Waals surface area contributed by atoms with E-state index in [1.807, 2.05) is 50.1 Å². The summed E-state index contributed by atoms with van der Waals surface area (Å²) in [5.74, 6) is 2.35. The van der Waals surface area contributed by atoms with Crippen LogP contribution in [0, 0.1) is 13.8 Å². The molecule has 0 saturated heterocycles. The second kappa shape index (κ2) is 6.57. The van der Waals surface area contributed by atoms with Crippen LogP contribution < -0.4 is 9.64 Å². The molecule has 0 spiro atoms. The minimum atomic E-state index is 0.457. The van der Waals surface area contributed by atoms with Gasteiger partial charge in [-0.1, -0.05) is 23.7 Å². The summed E-state index contributed by atoms with van der Waals surface area (Å²) in [6, 6.07) is 9.76. The number of anilines is 1. The predicted molar refractivity (Wildman–Crippen MR) is 81.7 cm³/mol. The Kier molecular flexibility index (Phi) is 4.79. The van der Waals surface area contributed by atoms with Crippen LogP contribution in [0.1, 0.15) is 11.4 Å². The van der Waals surface area contributed by atoms with Gasteiger partial charge >= 0.3 is 0 Å². The number of likely N-dealkylation sites (N-methyl/N-ethyl adjacent to an activating group) is 1. The maximum atomic E-state index is 5.93. The number of rotatable bonds is 5. The molecule has 2 aromatic rings. The molecule has 4 nitrogen and oxygen atoms in total. The Balaban J connectivity index is 1.90. The second-order valence-electron chi connectivity index (χ2n) is 4.68. The van der Waals surface area contributed by atoms with Gasteiger partial charge in [-0.3, -0.25) is 0 Å². The Morgan fingerprint density at radius 1 is 1.20 bits per heavy atom. The van der Waals surface area contributed by atoms with Crippen LogP contribution in [0.4, 0.5) is 5.82 Å². The molecule has 0 unspecified atom stereocenters. The third-order valence-corrected chi connectivity index (χ3v) is 3.06. The lowest BCUT2D eigenvalue weighted by atomic mass is 10.2. The maximum absolute atomic E-state index is 5.93. The average Bonchev–Trinajstić information content (AvgIpc) is 2.37. The molecule has 0 amide bonds. The van der Waals surface area contributed by atoms with Crippen LogP contribution >= 0.6 is 11.6 Å². The van der Waals surface area contributed by atoms with Crippen LogP contribution in [0.5, 0.6) is 5.75 Å². The first-order valence-electron chi connectivity index (χ1n) is 6.46. The zero-order valence-electron chi connectivity index (χ0n) is 11.9. The van der Waals surface area contributed by atoms with Gasteiger partial charge in [-0.05, 0) is 31.5 Å². The van der Waals surface area contributed by atoms with Gasteiger partial charge in [0.05, 0.1) is 6.54 Å². The Labute approximate surface area is 124 Å². The Morgan fingerprint density at radius 3 is 2.70 bits per heavy atom. The van der Waals surface area contributed by atoms with Crippen molar-refractivity contribution in [3.05, 3.63) is 46.9 Å². The van der Waals surface area contributed by atoms with Crippen molar-refractivity contribution in [3.8, 4) is 5.75 Å². The molecular formula is C15H18ClN3O. The largest absolute Gasteiger partial charge is 0.492 e. The van der Waals surface area contributed by atoms with Crippen LogP contribution in [0.25, 0.3) is 0 Å². The van der Waals surface area contributed by atoms with Gasteiger partial charge in [-0.25, -0.2) is 9.97 Å². The van der Waals surface area contributed by atoms with E-state index in [-0.39, 0.29) is 0 Å². The molecule has 106 valence electrons. The molecule has 0 bridgehead atoms. The van der Waals surface area contributed by atoms with Gasteiger partial charge in [0.1, 0.15) is 29.2 Å². The summed E-state index contributed by atoms with van der Waals surface area (Å²) in [4.78, 5) is 10.4. The highest BCUT2D eigenvalue weighted by Gasteiger charge is 2.06. The fourth-order valence-corrected chi connectivity index (χ4v) is 2.05. The third-order valence-electron chi connectivity index (χ3n) is 2.87. The quantitative estimate of drug-likeness (QED) is 0.793. The molecule has 0 fully saturated rings. The van der Waals surface area contributed by atoms with Gasteiger partial charge in [0.15, 0.2) is 0 Å². The zero-order chi connectivity index (χ0) is 14.5. The van der Waals surface area contributed by atoms with Gasteiger partial charge in [-0.2, -0.15) is 0 Å². The lowest BCUT2D eigenvalue weighted by Crippen LogP contribution is -2.25. The average molecular weight is 292 g/mol. The lowest BCUT2D eigenvalue weighted by Gasteiger charge is -2.18. The fourth-order valence-electron chi connectivity index (χ4n) is 1.83. The summed E-state index contributed by atoms with van der Waals surface area (Å²) >= 11 is 5.93. The molecule has 1 aromatic heterocycles. The van der Waals surface area contributed by atoms with Crippen LogP contribution in [0.3, 0.4) is 0 Å². The van der Waals surface area contributed by atoms with Crippen molar-refractivity contribution in [1.29, 1.82) is 0 Å². The Hall–Kier alpha value is -1.81. The summed E-state index contributed by atoms with van der Waals surface area (Å²) in [6.07, 6.45) is 0. The molecule has 0 aliphatic rings. The Morgan fingerprint density at radius 2 is 2.00 bits per heavy atom. The number of benzene rings is 1. The molecule has 0 aliphatic carbocycles. The van der Waals surface area contributed by atoms with E-state index in [0.717, 1.165) is 18.1 Å². The molecule has 0 radical (unpaired) electrons. The van der Waals surface area contributed by atoms with Gasteiger partial charge < -0.3 is 9.64 Å². The number of aryl methyl sites for hydroxylation is 2. The van der Waals surface area contributed by atoms with E-state index < -0.39 is 0 Å². The summed E-state index contributed by atoms with van der Waals surface area (Å²) in [5, 5.41) is 0.457. The highest BCUT2D eigenvalue weighted by Crippen LogP contribution is 2.15. The van der Waals surface area contributed by atoms with Crippen LogP contribution in [0.2, 0.25) is 5.15 Å². The number of aromatic nitrogens is 2. The summed E-state index contributed by atoms with van der Waals surface area (Å²) in [6.45, 7) is 5.18. The van der Waals surface area contributed by atoms with Crippen molar-refractivity contribution in [2.45, 2.75) is 13.8 Å². The van der Waals surface area contributed by atoms with E-state index in [4.69, 9.17) is 16.3 Å². The first kappa shape index (κ1) is 14.6. The predicted octanol–water partition coefficient (Wildman–Crippen LogP) is 3.26. The number of nitrogens with zero attached hydrogens (tertiary/aromatic N) is 3. The van der Waals surface area contributed by atoms with Crippen LogP contribution in [0.15, 0.2) is 30.3 Å². The molecule has 5 heteroatoms. The van der Waals surface area contributed by atoms with Crippen molar-refractivity contribution in [3.63, 3.8) is 0 Å². The minimum Gasteiger partial charge on any atom is -0.492 e. The number of ether oxygens (including phenoxy) is 1. The number of halogens is 1. The van der Waals surface area contributed by atoms with E-state index in [9.17, 15) is 0 Å².